The van der Waals surface area contributed by atoms with Gasteiger partial charge < -0.3 is 9.84 Å². The summed E-state index contributed by atoms with van der Waals surface area (Å²) in [6.45, 7) is 13.6. The highest BCUT2D eigenvalue weighted by Gasteiger charge is 2.59. The summed E-state index contributed by atoms with van der Waals surface area (Å²) in [6, 6.07) is 0. The first-order valence-electron chi connectivity index (χ1n) is 13.6. The zero-order chi connectivity index (χ0) is 23.3. The molecule has 4 rings (SSSR count). The molecular formula is C29H48O3. The molecule has 0 bridgehead atoms. The van der Waals surface area contributed by atoms with Gasteiger partial charge in [0.2, 0.25) is 0 Å². The van der Waals surface area contributed by atoms with Gasteiger partial charge in [-0.05, 0) is 111 Å². The fraction of sp³-hybridized carbons (Fsp3) is 0.897. The van der Waals surface area contributed by atoms with E-state index in [1.54, 1.807) is 12.5 Å². The Bertz CT molecular complexity index is 726. The molecule has 1 N–H and O–H groups in total. The van der Waals surface area contributed by atoms with E-state index in [2.05, 4.69) is 40.7 Å². The molecule has 0 aromatic carbocycles. The first-order valence-corrected chi connectivity index (χ1v) is 13.6. The molecule has 4 aliphatic carbocycles. The number of carbonyl (C=O) groups is 1. The van der Waals surface area contributed by atoms with Gasteiger partial charge in [-0.2, -0.15) is 0 Å². The van der Waals surface area contributed by atoms with E-state index in [0.29, 0.717) is 28.6 Å². The van der Waals surface area contributed by atoms with Gasteiger partial charge in [0.25, 0.3) is 0 Å². The maximum absolute atomic E-state index is 11.9. The van der Waals surface area contributed by atoms with E-state index in [0.717, 1.165) is 49.9 Å². The predicted octanol–water partition coefficient (Wildman–Crippen LogP) is 6.93. The molecule has 0 saturated heterocycles. The Morgan fingerprint density at radius 3 is 2.53 bits per heavy atom. The largest absolute Gasteiger partial charge is 0.462 e. The number of allylic oxidation sites excluding steroid dienone is 1. The molecule has 9 unspecified atom stereocenters. The molecule has 0 radical (unpaired) electrons. The number of hydrogen-bond donors (Lipinski definition) is 1. The van der Waals surface area contributed by atoms with Crippen molar-refractivity contribution in [2.75, 3.05) is 0 Å². The molecule has 0 amide bonds. The van der Waals surface area contributed by atoms with Crippen LogP contribution in [0.3, 0.4) is 0 Å². The number of esters is 1. The first kappa shape index (κ1) is 24.3. The fourth-order valence-corrected chi connectivity index (χ4v) is 8.94. The van der Waals surface area contributed by atoms with Crippen LogP contribution in [0.4, 0.5) is 0 Å². The third kappa shape index (κ3) is 4.21. The Morgan fingerprint density at radius 2 is 1.84 bits per heavy atom. The van der Waals surface area contributed by atoms with E-state index in [9.17, 15) is 9.90 Å². The van der Waals surface area contributed by atoms with Gasteiger partial charge in [-0.1, -0.05) is 46.3 Å². The summed E-state index contributed by atoms with van der Waals surface area (Å²) < 4.78 is 5.93. The van der Waals surface area contributed by atoms with E-state index in [1.807, 2.05) is 0 Å². The number of ether oxygens (including phenoxy) is 1. The lowest BCUT2D eigenvalue weighted by Gasteiger charge is -2.58. The monoisotopic (exact) mass is 444 g/mol. The molecule has 9 atom stereocenters. The Labute approximate surface area is 196 Å². The van der Waals surface area contributed by atoms with E-state index >= 15 is 0 Å². The average Bonchev–Trinajstić information content (AvgIpc) is 3.08. The molecule has 182 valence electrons. The standard InChI is InChI=1S/C29H48O3/c1-18(2)7-12-27(32-20(4)30)19(3)24-10-11-25-23-9-8-21-17-22(31)13-15-28(21,5)26(23)14-16-29(24,25)6/h8,18-19,22-27,31H,7,9-17H2,1-6H3. The SMILES string of the molecule is CC(=O)OC(CCC(C)C)C(C)C1CCC2C3CC=C4CC(O)CCC4(C)C3CCC12C. The summed E-state index contributed by atoms with van der Waals surface area (Å²) in [5, 5.41) is 10.3. The highest BCUT2D eigenvalue weighted by molar-refractivity contribution is 5.66. The van der Waals surface area contributed by atoms with Gasteiger partial charge in [0.15, 0.2) is 0 Å². The van der Waals surface area contributed by atoms with E-state index in [4.69, 9.17) is 4.74 Å². The lowest BCUT2D eigenvalue weighted by molar-refractivity contribution is -0.152. The van der Waals surface area contributed by atoms with Gasteiger partial charge in [0.05, 0.1) is 6.10 Å². The van der Waals surface area contributed by atoms with Crippen LogP contribution in [-0.4, -0.2) is 23.3 Å². The number of carbonyl (C=O) groups excluding carboxylic acids is 1. The quantitative estimate of drug-likeness (QED) is 0.357. The van der Waals surface area contributed by atoms with Gasteiger partial charge in [-0.15, -0.1) is 0 Å². The predicted molar refractivity (Wildman–Crippen MR) is 130 cm³/mol. The maximum atomic E-state index is 11.9. The molecule has 0 aliphatic heterocycles. The van der Waals surface area contributed by atoms with Gasteiger partial charge in [-0.3, -0.25) is 4.79 Å². The number of aliphatic hydroxyl groups is 1. The molecule has 0 heterocycles. The van der Waals surface area contributed by atoms with Crippen molar-refractivity contribution >= 4 is 5.97 Å². The second-order valence-corrected chi connectivity index (χ2v) is 12.9. The molecule has 0 aromatic rings. The van der Waals surface area contributed by atoms with Crippen LogP contribution >= 0.6 is 0 Å². The molecule has 32 heavy (non-hydrogen) atoms. The smallest absolute Gasteiger partial charge is 0.302 e. The van der Waals surface area contributed by atoms with Crippen LogP contribution in [-0.2, 0) is 9.53 Å². The van der Waals surface area contributed by atoms with E-state index in [-0.39, 0.29) is 18.2 Å². The number of aliphatic hydroxyl groups excluding tert-OH is 1. The lowest BCUT2D eigenvalue weighted by atomic mass is 9.47. The Kier molecular flexibility index (Phi) is 6.90. The second kappa shape index (κ2) is 9.08. The third-order valence-electron chi connectivity index (χ3n) is 10.7. The van der Waals surface area contributed by atoms with Crippen molar-refractivity contribution in [2.45, 2.75) is 118 Å². The Morgan fingerprint density at radius 1 is 1.09 bits per heavy atom. The van der Waals surface area contributed by atoms with Gasteiger partial charge >= 0.3 is 5.97 Å². The van der Waals surface area contributed by atoms with Crippen molar-refractivity contribution in [2.24, 2.45) is 46.3 Å². The minimum absolute atomic E-state index is 0.0587. The fourth-order valence-electron chi connectivity index (χ4n) is 8.94. The molecule has 0 spiro atoms. The van der Waals surface area contributed by atoms with Gasteiger partial charge in [0.1, 0.15) is 6.10 Å². The summed E-state index contributed by atoms with van der Waals surface area (Å²) >= 11 is 0. The third-order valence-corrected chi connectivity index (χ3v) is 10.7. The molecule has 3 nitrogen and oxygen atoms in total. The summed E-state index contributed by atoms with van der Waals surface area (Å²) in [5.41, 5.74) is 2.24. The van der Waals surface area contributed by atoms with Crippen LogP contribution < -0.4 is 0 Å². The molecule has 3 saturated carbocycles. The molecule has 0 aromatic heterocycles. The van der Waals surface area contributed by atoms with Crippen molar-refractivity contribution in [3.8, 4) is 0 Å². The summed E-state index contributed by atoms with van der Waals surface area (Å²) in [4.78, 5) is 11.9. The van der Waals surface area contributed by atoms with Crippen molar-refractivity contribution in [1.29, 1.82) is 0 Å². The number of fused-ring (bicyclic) bond motifs is 5. The summed E-state index contributed by atoms with van der Waals surface area (Å²) in [6.07, 6.45) is 14.1. The number of hydrogen-bond acceptors (Lipinski definition) is 3. The Balaban J connectivity index is 1.54. The highest BCUT2D eigenvalue weighted by Crippen LogP contribution is 2.67. The average molecular weight is 445 g/mol. The normalized spacial score (nSPS) is 43.0. The van der Waals surface area contributed by atoms with Crippen LogP contribution in [0, 0.1) is 46.3 Å². The molecule has 3 fully saturated rings. The summed E-state index contributed by atoms with van der Waals surface area (Å²) in [5.74, 6) is 3.96. The minimum Gasteiger partial charge on any atom is -0.462 e. The molecule has 4 aliphatic rings. The maximum Gasteiger partial charge on any atom is 0.302 e. The van der Waals surface area contributed by atoms with Crippen LogP contribution in [0.5, 0.6) is 0 Å². The highest BCUT2D eigenvalue weighted by atomic mass is 16.5. The lowest BCUT2D eigenvalue weighted by Crippen LogP contribution is -2.51. The van der Waals surface area contributed by atoms with Crippen molar-refractivity contribution in [3.63, 3.8) is 0 Å². The molecular weight excluding hydrogens is 396 g/mol. The van der Waals surface area contributed by atoms with Crippen LogP contribution in [0.1, 0.15) is 106 Å². The van der Waals surface area contributed by atoms with Gasteiger partial charge in [-0.25, -0.2) is 0 Å². The van der Waals surface area contributed by atoms with Crippen LogP contribution in [0.2, 0.25) is 0 Å². The van der Waals surface area contributed by atoms with Crippen molar-refractivity contribution in [1.82, 2.24) is 0 Å². The zero-order valence-corrected chi connectivity index (χ0v) is 21.5. The summed E-state index contributed by atoms with van der Waals surface area (Å²) in [7, 11) is 0. The topological polar surface area (TPSA) is 46.5 Å². The molecule has 3 heteroatoms. The van der Waals surface area contributed by atoms with Crippen LogP contribution in [0.15, 0.2) is 11.6 Å². The van der Waals surface area contributed by atoms with E-state index < -0.39 is 0 Å². The van der Waals surface area contributed by atoms with Crippen LogP contribution in [0.25, 0.3) is 0 Å². The second-order valence-electron chi connectivity index (χ2n) is 12.9. The van der Waals surface area contributed by atoms with Crippen molar-refractivity contribution in [3.05, 3.63) is 11.6 Å². The Hall–Kier alpha value is -0.830. The number of rotatable bonds is 6. The van der Waals surface area contributed by atoms with E-state index in [1.165, 1.54) is 32.1 Å². The van der Waals surface area contributed by atoms with Gasteiger partial charge in [0, 0.05) is 6.92 Å². The minimum atomic E-state index is -0.125. The van der Waals surface area contributed by atoms with Crippen molar-refractivity contribution < 1.29 is 14.6 Å². The zero-order valence-electron chi connectivity index (χ0n) is 21.5. The first-order chi connectivity index (χ1) is 15.1.